The lowest BCUT2D eigenvalue weighted by Crippen LogP contribution is -2.37. The summed E-state index contributed by atoms with van der Waals surface area (Å²) in [6.45, 7) is 3.02. The predicted molar refractivity (Wildman–Crippen MR) is 130 cm³/mol. The maximum Gasteiger partial charge on any atom is 0.408 e. The molecule has 0 spiro atoms. The summed E-state index contributed by atoms with van der Waals surface area (Å²) >= 11 is 0. The van der Waals surface area contributed by atoms with E-state index < -0.39 is 18.0 Å². The average Bonchev–Trinajstić information content (AvgIpc) is 3.46. The number of alkyl halides is 3. The molecule has 7 nitrogen and oxygen atoms in total. The van der Waals surface area contributed by atoms with Gasteiger partial charge in [-0.25, -0.2) is 9.37 Å². The van der Waals surface area contributed by atoms with Crippen LogP contribution in [0.4, 0.5) is 17.6 Å². The summed E-state index contributed by atoms with van der Waals surface area (Å²) in [5, 5.41) is 8.83. The maximum atomic E-state index is 14.2. The van der Waals surface area contributed by atoms with Crippen LogP contribution in [0.1, 0.15) is 24.9 Å². The summed E-state index contributed by atoms with van der Waals surface area (Å²) in [6.07, 6.45) is -2.42. The van der Waals surface area contributed by atoms with Gasteiger partial charge in [0.25, 0.3) is 0 Å². The number of benzene rings is 1. The minimum absolute atomic E-state index is 0. The number of ether oxygens (including phenoxy) is 1. The van der Waals surface area contributed by atoms with Gasteiger partial charge < -0.3 is 10.5 Å². The first-order valence-electron chi connectivity index (χ1n) is 11.4. The molecule has 5 rings (SSSR count). The summed E-state index contributed by atoms with van der Waals surface area (Å²) in [5.41, 5.74) is 7.04. The van der Waals surface area contributed by atoms with E-state index in [0.29, 0.717) is 54.9 Å². The van der Waals surface area contributed by atoms with Crippen LogP contribution in [-0.2, 0) is 0 Å². The zero-order chi connectivity index (χ0) is 24.7. The van der Waals surface area contributed by atoms with Crippen LogP contribution in [-0.4, -0.2) is 56.9 Å². The molecular weight excluding hydrogens is 500 g/mol. The second kappa shape index (κ2) is 10.2. The first-order chi connectivity index (χ1) is 16.8. The average molecular weight is 525 g/mol. The molecule has 1 aromatic carbocycles. The molecule has 12 heteroatoms. The van der Waals surface area contributed by atoms with E-state index in [-0.39, 0.29) is 35.5 Å². The van der Waals surface area contributed by atoms with E-state index in [4.69, 9.17) is 10.5 Å². The number of hydrogen-bond donors (Lipinski definition) is 1. The number of nitrogens with two attached hydrogens (primary N) is 1. The molecule has 0 amide bonds. The topological polar surface area (TPSA) is 81.6 Å². The number of fused-ring (bicyclic) bond motifs is 2. The van der Waals surface area contributed by atoms with E-state index in [1.54, 1.807) is 19.1 Å². The molecule has 4 aromatic rings. The molecule has 0 bridgehead atoms. The Balaban J connectivity index is 0.00000304. The van der Waals surface area contributed by atoms with Gasteiger partial charge in [-0.2, -0.15) is 13.2 Å². The number of nitrogens with zero attached hydrogens (tertiary/aromatic N) is 5. The maximum absolute atomic E-state index is 14.2. The first kappa shape index (κ1) is 26.1. The van der Waals surface area contributed by atoms with Gasteiger partial charge in [0.1, 0.15) is 11.7 Å². The van der Waals surface area contributed by atoms with Crippen LogP contribution < -0.4 is 10.5 Å². The van der Waals surface area contributed by atoms with Crippen LogP contribution in [0.5, 0.6) is 5.75 Å². The summed E-state index contributed by atoms with van der Waals surface area (Å²) in [7, 11) is 0. The van der Waals surface area contributed by atoms with Crippen LogP contribution >= 0.6 is 12.4 Å². The van der Waals surface area contributed by atoms with Crippen LogP contribution in [0.15, 0.2) is 42.6 Å². The lowest BCUT2D eigenvalue weighted by molar-refractivity contribution is -0.184. The summed E-state index contributed by atoms with van der Waals surface area (Å²) in [5.74, 6) is -0.0913. The highest BCUT2D eigenvalue weighted by molar-refractivity contribution is 5.85. The molecule has 0 unspecified atom stereocenters. The summed E-state index contributed by atoms with van der Waals surface area (Å²) in [4.78, 5) is 5.99. The van der Waals surface area contributed by atoms with E-state index in [1.807, 2.05) is 0 Å². The minimum Gasteiger partial charge on any atom is -0.491 e. The van der Waals surface area contributed by atoms with Crippen molar-refractivity contribution in [2.24, 2.45) is 11.7 Å². The molecule has 36 heavy (non-hydrogen) atoms. The first-order valence-corrected chi connectivity index (χ1v) is 11.4. The highest BCUT2D eigenvalue weighted by Gasteiger charge is 2.46. The zero-order valence-electron chi connectivity index (χ0n) is 19.4. The number of likely N-dealkylation sites (tertiary alicyclic amines) is 1. The number of aromatic nitrogens is 4. The van der Waals surface area contributed by atoms with E-state index in [1.165, 1.54) is 39.8 Å². The lowest BCUT2D eigenvalue weighted by atomic mass is 10.1. The van der Waals surface area contributed by atoms with Gasteiger partial charge in [-0.1, -0.05) is 12.1 Å². The highest BCUT2D eigenvalue weighted by Crippen LogP contribution is 2.40. The molecular formula is C24H25ClF4N6O. The normalized spacial score (nSPS) is 17.4. The molecule has 1 fully saturated rings. The molecule has 1 aliphatic heterocycles. The van der Waals surface area contributed by atoms with Crippen LogP contribution in [0.25, 0.3) is 28.1 Å². The molecule has 2 atom stereocenters. The van der Waals surface area contributed by atoms with Crippen molar-refractivity contribution >= 4 is 29.0 Å². The lowest BCUT2D eigenvalue weighted by Gasteiger charge is -2.30. The Bertz CT molecular complexity index is 1380. The zero-order valence-corrected chi connectivity index (χ0v) is 20.2. The minimum atomic E-state index is -4.47. The van der Waals surface area contributed by atoms with Gasteiger partial charge in [-0.15, -0.1) is 22.6 Å². The number of pyridine rings is 2. The van der Waals surface area contributed by atoms with Crippen molar-refractivity contribution in [1.82, 2.24) is 24.5 Å². The van der Waals surface area contributed by atoms with Crippen LogP contribution in [0.3, 0.4) is 0 Å². The van der Waals surface area contributed by atoms with E-state index in [0.717, 1.165) is 0 Å². The monoisotopic (exact) mass is 524 g/mol. The summed E-state index contributed by atoms with van der Waals surface area (Å²) < 4.78 is 63.6. The van der Waals surface area contributed by atoms with Gasteiger partial charge in [0.15, 0.2) is 23.0 Å². The second-order valence-electron chi connectivity index (χ2n) is 8.65. The molecule has 2 N–H and O–H groups in total. The quantitative estimate of drug-likeness (QED) is 0.365. The van der Waals surface area contributed by atoms with Crippen molar-refractivity contribution in [3.8, 4) is 17.3 Å². The Labute approximate surface area is 210 Å². The molecule has 3 aromatic heterocycles. The third-order valence-corrected chi connectivity index (χ3v) is 6.34. The number of hydrogen-bond acceptors (Lipinski definition) is 6. The van der Waals surface area contributed by atoms with Gasteiger partial charge in [0.2, 0.25) is 0 Å². The van der Waals surface area contributed by atoms with Crippen molar-refractivity contribution in [1.29, 1.82) is 0 Å². The molecule has 4 heterocycles. The molecule has 0 aliphatic carbocycles. The Morgan fingerprint density at radius 3 is 2.67 bits per heavy atom. The van der Waals surface area contributed by atoms with E-state index in [9.17, 15) is 17.6 Å². The largest absolute Gasteiger partial charge is 0.491 e. The van der Waals surface area contributed by atoms with Crippen molar-refractivity contribution in [3.63, 3.8) is 0 Å². The van der Waals surface area contributed by atoms with Crippen LogP contribution in [0, 0.1) is 11.7 Å². The fourth-order valence-electron chi connectivity index (χ4n) is 4.65. The Hall–Kier alpha value is -3.02. The molecule has 1 aliphatic rings. The van der Waals surface area contributed by atoms with Gasteiger partial charge in [-0.05, 0) is 56.1 Å². The summed E-state index contributed by atoms with van der Waals surface area (Å²) in [6, 6.07) is 7.33. The Morgan fingerprint density at radius 2 is 1.97 bits per heavy atom. The fourth-order valence-corrected chi connectivity index (χ4v) is 4.65. The SMILES string of the molecule is CCOc1cc2nc(-c3nnc4ccc([C@@H](N5CC[C@H](CN)C5)C(F)(F)F)cn34)ccc2cc1F.Cl. The van der Waals surface area contributed by atoms with Gasteiger partial charge in [0, 0.05) is 24.2 Å². The Morgan fingerprint density at radius 1 is 1.17 bits per heavy atom. The smallest absolute Gasteiger partial charge is 0.408 e. The molecule has 0 saturated carbocycles. The van der Waals surface area contributed by atoms with E-state index in [2.05, 4.69) is 15.2 Å². The van der Waals surface area contributed by atoms with Crippen molar-refractivity contribution in [3.05, 3.63) is 54.0 Å². The van der Waals surface area contributed by atoms with Crippen molar-refractivity contribution in [2.45, 2.75) is 25.6 Å². The Kier molecular flexibility index (Phi) is 7.35. The van der Waals surface area contributed by atoms with Gasteiger partial charge >= 0.3 is 6.18 Å². The van der Waals surface area contributed by atoms with Gasteiger partial charge in [-0.3, -0.25) is 9.30 Å². The standard InChI is InChI=1S/C24H24F4N6O.ClH/c1-2-35-20-10-19-15(9-17(20)25)3-5-18(30-19)23-32-31-21-6-4-16(13-34(21)23)22(24(26,27)28)33-8-7-14(11-29)12-33;/h3-6,9-10,13-14,22H,2,7-8,11-12,29H2,1H3;1H/t14-,22-;/m1./s1. The predicted octanol–water partition coefficient (Wildman–Crippen LogP) is 4.79. The van der Waals surface area contributed by atoms with Crippen molar-refractivity contribution < 1.29 is 22.3 Å². The number of halogens is 5. The van der Waals surface area contributed by atoms with Gasteiger partial charge in [0.05, 0.1) is 12.1 Å². The van der Waals surface area contributed by atoms with E-state index >= 15 is 0 Å². The van der Waals surface area contributed by atoms with Crippen molar-refractivity contribution in [2.75, 3.05) is 26.2 Å². The highest BCUT2D eigenvalue weighted by atomic mass is 35.5. The molecule has 1 saturated heterocycles. The third-order valence-electron chi connectivity index (χ3n) is 6.34. The second-order valence-corrected chi connectivity index (χ2v) is 8.65. The number of rotatable bonds is 6. The third kappa shape index (κ3) is 4.82. The molecule has 192 valence electrons. The van der Waals surface area contributed by atoms with Crippen LogP contribution in [0.2, 0.25) is 0 Å². The fraction of sp³-hybridized carbons (Fsp3) is 0.375. The molecule has 0 radical (unpaired) electrons.